The van der Waals surface area contributed by atoms with Crippen LogP contribution >= 0.6 is 11.8 Å². The third-order valence-electron chi connectivity index (χ3n) is 5.27. The number of anilines is 1. The van der Waals surface area contributed by atoms with Crippen molar-refractivity contribution in [1.29, 1.82) is 10.8 Å². The van der Waals surface area contributed by atoms with E-state index in [1.807, 2.05) is 42.5 Å². The quantitative estimate of drug-likeness (QED) is 0.385. The molecule has 2 aromatic carbocycles. The van der Waals surface area contributed by atoms with Crippen molar-refractivity contribution in [3.05, 3.63) is 71.4 Å². The number of nitrogens with zero attached hydrogens (tertiary/aromatic N) is 2. The minimum Gasteiger partial charge on any atom is -0.307 e. The maximum Gasteiger partial charge on any atom is 0.256 e. The van der Waals surface area contributed by atoms with Crippen LogP contribution in [0.5, 0.6) is 0 Å². The summed E-state index contributed by atoms with van der Waals surface area (Å²) in [6.07, 6.45) is 4.21. The van der Waals surface area contributed by atoms with Crippen LogP contribution in [-0.4, -0.2) is 39.0 Å². The van der Waals surface area contributed by atoms with Crippen LogP contribution in [0.2, 0.25) is 0 Å². The minimum absolute atomic E-state index is 0.186. The summed E-state index contributed by atoms with van der Waals surface area (Å²) in [5.74, 6) is 0.288. The first-order valence-electron chi connectivity index (χ1n) is 10.3. The lowest BCUT2D eigenvalue weighted by molar-refractivity contribution is 0.102. The molecule has 3 N–H and O–H groups in total. The van der Waals surface area contributed by atoms with Crippen molar-refractivity contribution in [3.63, 3.8) is 0 Å². The fourth-order valence-electron chi connectivity index (χ4n) is 3.76. The highest BCUT2D eigenvalue weighted by Crippen LogP contribution is 2.22. The van der Waals surface area contributed by atoms with E-state index in [4.69, 9.17) is 10.8 Å². The molecule has 158 valence electrons. The van der Waals surface area contributed by atoms with Gasteiger partial charge in [-0.05, 0) is 68.1 Å². The Morgan fingerprint density at radius 2 is 1.87 bits per heavy atom. The van der Waals surface area contributed by atoms with Gasteiger partial charge in [-0.3, -0.25) is 20.5 Å². The summed E-state index contributed by atoms with van der Waals surface area (Å²) in [5, 5.41) is 21.1. The minimum atomic E-state index is -0.186. The van der Waals surface area contributed by atoms with Gasteiger partial charge in [0, 0.05) is 29.3 Å². The molecule has 1 aromatic heterocycles. The highest BCUT2D eigenvalue weighted by molar-refractivity contribution is 8.26. The Hall–Kier alpha value is -3.03. The summed E-state index contributed by atoms with van der Waals surface area (Å²) in [7, 11) is 0. The first-order valence-corrected chi connectivity index (χ1v) is 11.1. The Morgan fingerprint density at radius 1 is 1.06 bits per heavy atom. The van der Waals surface area contributed by atoms with Crippen molar-refractivity contribution in [3.8, 4) is 0 Å². The molecular formula is C24H25N5OS. The molecule has 31 heavy (non-hydrogen) atoms. The lowest BCUT2D eigenvalue weighted by atomic mass is 10.1. The van der Waals surface area contributed by atoms with Crippen molar-refractivity contribution < 1.29 is 4.79 Å². The number of hydrogen-bond donors (Lipinski definition) is 3. The molecule has 3 aromatic rings. The van der Waals surface area contributed by atoms with Gasteiger partial charge >= 0.3 is 0 Å². The maximum absolute atomic E-state index is 12.8. The molecule has 1 saturated heterocycles. The Bertz CT molecular complexity index is 1150. The van der Waals surface area contributed by atoms with Crippen LogP contribution in [0.1, 0.15) is 41.3 Å². The van der Waals surface area contributed by atoms with Gasteiger partial charge in [0.2, 0.25) is 0 Å². The topological polar surface area (TPSA) is 92.9 Å². The number of nitrogens with one attached hydrogen (secondary N) is 3. The first-order chi connectivity index (χ1) is 15.0. The molecule has 0 aliphatic carbocycles. The van der Waals surface area contributed by atoms with Crippen LogP contribution in [0, 0.1) is 10.8 Å². The van der Waals surface area contributed by atoms with Gasteiger partial charge in [0.05, 0.1) is 5.04 Å². The van der Waals surface area contributed by atoms with E-state index in [1.165, 1.54) is 12.8 Å². The molecule has 4 rings (SSSR count). The monoisotopic (exact) mass is 431 g/mol. The number of carbonyl (C=O) groups is 1. The number of likely N-dealkylation sites (tertiary alicyclic amines) is 1. The fourth-order valence-corrected chi connectivity index (χ4v) is 4.31. The second kappa shape index (κ2) is 9.41. The standard InChI is InChI=1S/C24H25N5OS/c1-16(25)31-23(26)18-7-8-20-14-27-22(13-21(20)12-18)28-24(30)19-6-4-5-17(11-19)15-29-9-2-3-10-29/h4-8,11-14,25-26H,2-3,9-10,15H2,1H3,(H,27,28,30). The van der Waals surface area contributed by atoms with Crippen molar-refractivity contribution in [2.45, 2.75) is 26.3 Å². The van der Waals surface area contributed by atoms with Gasteiger partial charge in [0.1, 0.15) is 10.9 Å². The molecule has 1 aliphatic rings. The summed E-state index contributed by atoms with van der Waals surface area (Å²) in [6.45, 7) is 4.78. The summed E-state index contributed by atoms with van der Waals surface area (Å²) in [6, 6.07) is 15.2. The molecule has 1 amide bonds. The number of carbonyl (C=O) groups excluding carboxylic acids is 1. The van der Waals surface area contributed by atoms with Gasteiger partial charge in [-0.15, -0.1) is 0 Å². The Morgan fingerprint density at radius 3 is 2.65 bits per heavy atom. The highest BCUT2D eigenvalue weighted by atomic mass is 32.2. The number of hydrogen-bond acceptors (Lipinski definition) is 6. The molecule has 6 nitrogen and oxygen atoms in total. The normalized spacial score (nSPS) is 14.0. The third kappa shape index (κ3) is 5.37. The molecular weight excluding hydrogens is 406 g/mol. The number of amides is 1. The van der Waals surface area contributed by atoms with Crippen LogP contribution in [0.4, 0.5) is 5.82 Å². The second-order valence-corrected chi connectivity index (χ2v) is 8.98. The molecule has 2 heterocycles. The Labute approximate surface area is 186 Å². The fraction of sp³-hybridized carbons (Fsp3) is 0.250. The number of thioether (sulfide) groups is 1. The summed E-state index contributed by atoms with van der Waals surface area (Å²) in [4.78, 5) is 19.6. The summed E-state index contributed by atoms with van der Waals surface area (Å²) >= 11 is 1.12. The molecule has 1 fully saturated rings. The number of rotatable bonds is 5. The van der Waals surface area contributed by atoms with Gasteiger partial charge in [0.15, 0.2) is 0 Å². The third-order valence-corrected chi connectivity index (χ3v) is 6.02. The lowest BCUT2D eigenvalue weighted by Gasteiger charge is -2.15. The molecule has 0 radical (unpaired) electrons. The molecule has 0 saturated carbocycles. The van der Waals surface area contributed by atoms with E-state index in [0.29, 0.717) is 21.5 Å². The largest absolute Gasteiger partial charge is 0.307 e. The van der Waals surface area contributed by atoms with Crippen molar-refractivity contribution in [2.24, 2.45) is 0 Å². The van der Waals surface area contributed by atoms with Crippen LogP contribution < -0.4 is 5.32 Å². The molecule has 0 atom stereocenters. The van der Waals surface area contributed by atoms with Gasteiger partial charge < -0.3 is 5.32 Å². The average Bonchev–Trinajstić information content (AvgIpc) is 3.26. The van der Waals surface area contributed by atoms with Gasteiger partial charge in [-0.2, -0.15) is 0 Å². The van der Waals surface area contributed by atoms with Crippen molar-refractivity contribution in [1.82, 2.24) is 9.88 Å². The molecule has 7 heteroatoms. The van der Waals surface area contributed by atoms with Gasteiger partial charge in [0.25, 0.3) is 5.91 Å². The van der Waals surface area contributed by atoms with E-state index >= 15 is 0 Å². The highest BCUT2D eigenvalue weighted by Gasteiger charge is 2.14. The van der Waals surface area contributed by atoms with Crippen LogP contribution in [0.3, 0.4) is 0 Å². The molecule has 1 aliphatic heterocycles. The van der Waals surface area contributed by atoms with Gasteiger partial charge in [-0.25, -0.2) is 4.98 Å². The van der Waals surface area contributed by atoms with Crippen LogP contribution in [-0.2, 0) is 6.54 Å². The zero-order valence-electron chi connectivity index (χ0n) is 17.4. The average molecular weight is 432 g/mol. The molecule has 0 bridgehead atoms. The first kappa shape index (κ1) is 21.2. The number of aromatic nitrogens is 1. The zero-order valence-corrected chi connectivity index (χ0v) is 18.3. The maximum atomic E-state index is 12.8. The predicted molar refractivity (Wildman–Crippen MR) is 128 cm³/mol. The van der Waals surface area contributed by atoms with Crippen molar-refractivity contribution >= 4 is 44.3 Å². The van der Waals surface area contributed by atoms with E-state index in [2.05, 4.69) is 21.3 Å². The predicted octanol–water partition coefficient (Wildman–Crippen LogP) is 5.14. The second-order valence-electron chi connectivity index (χ2n) is 7.76. The smallest absolute Gasteiger partial charge is 0.256 e. The lowest BCUT2D eigenvalue weighted by Crippen LogP contribution is -2.19. The van der Waals surface area contributed by atoms with Crippen LogP contribution in [0.15, 0.2) is 54.7 Å². The number of benzene rings is 2. The van der Waals surface area contributed by atoms with E-state index in [1.54, 1.807) is 13.1 Å². The Balaban J connectivity index is 1.50. The number of fused-ring (bicyclic) bond motifs is 1. The summed E-state index contributed by atoms with van der Waals surface area (Å²) in [5.41, 5.74) is 2.50. The summed E-state index contributed by atoms with van der Waals surface area (Å²) < 4.78 is 0. The van der Waals surface area contributed by atoms with E-state index in [-0.39, 0.29) is 5.91 Å². The number of pyridine rings is 1. The van der Waals surface area contributed by atoms with Crippen LogP contribution in [0.25, 0.3) is 10.8 Å². The molecule has 0 spiro atoms. The van der Waals surface area contributed by atoms with E-state index < -0.39 is 0 Å². The molecule has 0 unspecified atom stereocenters. The van der Waals surface area contributed by atoms with E-state index in [9.17, 15) is 4.79 Å². The van der Waals surface area contributed by atoms with Crippen molar-refractivity contribution in [2.75, 3.05) is 18.4 Å². The Kier molecular flexibility index (Phi) is 6.44. The zero-order chi connectivity index (χ0) is 21.8. The van der Waals surface area contributed by atoms with Gasteiger partial charge in [-0.1, -0.05) is 36.0 Å². The van der Waals surface area contributed by atoms with E-state index in [0.717, 1.165) is 53.3 Å². The SMILES string of the molecule is CC(=N)SC(=N)c1ccc2cnc(NC(=O)c3cccc(CN4CCCC4)c3)cc2c1.